The summed E-state index contributed by atoms with van der Waals surface area (Å²) in [4.78, 5) is 27.4. The fourth-order valence-corrected chi connectivity index (χ4v) is 4.58. The molecule has 4 rings (SSSR count). The lowest BCUT2D eigenvalue weighted by Crippen LogP contribution is -2.41. The van der Waals surface area contributed by atoms with Crippen molar-refractivity contribution in [1.82, 2.24) is 0 Å². The summed E-state index contributed by atoms with van der Waals surface area (Å²) in [7, 11) is 2.72. The topological polar surface area (TPSA) is 76.1 Å². The molecule has 0 saturated heterocycles. The number of ketones is 1. The molecular formula is C24H22F3NO5. The molecule has 2 aliphatic rings. The van der Waals surface area contributed by atoms with Crippen LogP contribution in [0.15, 0.2) is 47.7 Å². The molecule has 1 aliphatic heterocycles. The van der Waals surface area contributed by atoms with E-state index >= 15 is 0 Å². The number of Topliss-reactive ketones (excluding diaryl/α,β-unsaturated/α-hetero) is 1. The number of allylic oxidation sites excluding steroid dienone is 2. The van der Waals surface area contributed by atoms with Crippen LogP contribution in [0, 0.1) is 0 Å². The Morgan fingerprint density at radius 1 is 1.03 bits per heavy atom. The first kappa shape index (κ1) is 22.7. The summed E-state index contributed by atoms with van der Waals surface area (Å²) in [5.74, 6) is -1.47. The Morgan fingerprint density at radius 3 is 2.27 bits per heavy atom. The maximum Gasteiger partial charge on any atom is 0.418 e. The highest BCUT2D eigenvalue weighted by Gasteiger charge is 2.43. The lowest BCUT2D eigenvalue weighted by Gasteiger charge is -2.39. The van der Waals surface area contributed by atoms with Crippen LogP contribution in [0.4, 0.5) is 18.9 Å². The molecule has 0 spiro atoms. The van der Waals surface area contributed by atoms with Gasteiger partial charge < -0.3 is 14.6 Å². The molecule has 1 amide bonds. The Morgan fingerprint density at radius 2 is 1.67 bits per heavy atom. The van der Waals surface area contributed by atoms with E-state index in [1.807, 2.05) is 0 Å². The maximum atomic E-state index is 13.7. The largest absolute Gasteiger partial charge is 0.502 e. The molecule has 6 nitrogen and oxygen atoms in total. The summed E-state index contributed by atoms with van der Waals surface area (Å²) >= 11 is 0. The summed E-state index contributed by atoms with van der Waals surface area (Å²) < 4.78 is 51.5. The second-order valence-corrected chi connectivity index (χ2v) is 7.91. The molecule has 1 unspecified atom stereocenters. The van der Waals surface area contributed by atoms with Crippen molar-refractivity contribution in [3.63, 3.8) is 0 Å². The normalized spacial score (nSPS) is 18.9. The lowest BCUT2D eigenvalue weighted by atomic mass is 9.77. The van der Waals surface area contributed by atoms with Crippen LogP contribution in [0.3, 0.4) is 0 Å². The van der Waals surface area contributed by atoms with Crippen LogP contribution in [0.25, 0.3) is 0 Å². The highest BCUT2D eigenvalue weighted by molar-refractivity contribution is 6.07. The van der Waals surface area contributed by atoms with Gasteiger partial charge in [-0.15, -0.1) is 0 Å². The number of anilines is 1. The molecule has 1 atom stereocenters. The summed E-state index contributed by atoms with van der Waals surface area (Å²) in [6.07, 6.45) is -3.91. The highest BCUT2D eigenvalue weighted by Crippen LogP contribution is 2.48. The van der Waals surface area contributed by atoms with Crippen molar-refractivity contribution in [3.05, 3.63) is 58.8 Å². The number of methoxy groups -OCH3 is 2. The second kappa shape index (κ2) is 8.46. The number of benzene rings is 2. The third-order valence-corrected chi connectivity index (χ3v) is 6.03. The molecule has 2 aromatic rings. The number of nitrogens with zero attached hydrogens (tertiary/aromatic N) is 1. The minimum absolute atomic E-state index is 0.104. The molecule has 33 heavy (non-hydrogen) atoms. The van der Waals surface area contributed by atoms with Gasteiger partial charge in [-0.25, -0.2) is 0 Å². The standard InChI is InChI=1S/C24H22F3NO5/c1-32-19-10-13(11-20(33-2)23(19)31)14-12-21(30)28(17-8-5-9-18(29)22(14)17)16-7-4-3-6-15(16)24(25,26)27/h3-4,6-7,10-11,14,31H,5,8-9,12H2,1-2H3. The van der Waals surface area contributed by atoms with Gasteiger partial charge in [0.1, 0.15) is 0 Å². The van der Waals surface area contributed by atoms with Crippen LogP contribution >= 0.6 is 0 Å². The van der Waals surface area contributed by atoms with Crippen molar-refractivity contribution in [3.8, 4) is 17.2 Å². The van der Waals surface area contributed by atoms with E-state index in [1.165, 1.54) is 44.6 Å². The van der Waals surface area contributed by atoms with Gasteiger partial charge in [0.15, 0.2) is 17.3 Å². The first-order valence-electron chi connectivity index (χ1n) is 10.4. The minimum atomic E-state index is -4.66. The highest BCUT2D eigenvalue weighted by atomic mass is 19.4. The Hall–Kier alpha value is -3.49. The predicted octanol–water partition coefficient (Wildman–Crippen LogP) is 4.96. The number of phenols is 1. The third kappa shape index (κ3) is 3.92. The van der Waals surface area contributed by atoms with Gasteiger partial charge in [-0.1, -0.05) is 12.1 Å². The molecule has 0 radical (unpaired) electrons. The number of para-hydroxylation sites is 1. The zero-order valence-corrected chi connectivity index (χ0v) is 18.0. The van der Waals surface area contributed by atoms with Gasteiger partial charge in [0, 0.05) is 30.0 Å². The van der Waals surface area contributed by atoms with Crippen molar-refractivity contribution in [2.75, 3.05) is 19.1 Å². The number of rotatable bonds is 4. The summed E-state index contributed by atoms with van der Waals surface area (Å²) in [5, 5.41) is 10.2. The van der Waals surface area contributed by atoms with Crippen LogP contribution in [0.1, 0.15) is 42.7 Å². The van der Waals surface area contributed by atoms with Crippen LogP contribution in [0.5, 0.6) is 17.2 Å². The monoisotopic (exact) mass is 461 g/mol. The number of hydrogen-bond acceptors (Lipinski definition) is 5. The molecule has 1 N–H and O–H groups in total. The van der Waals surface area contributed by atoms with Crippen LogP contribution in [0.2, 0.25) is 0 Å². The number of amides is 1. The van der Waals surface area contributed by atoms with E-state index in [1.54, 1.807) is 0 Å². The summed E-state index contributed by atoms with van der Waals surface area (Å²) in [6.45, 7) is 0. The average Bonchev–Trinajstić information content (AvgIpc) is 2.78. The van der Waals surface area contributed by atoms with Gasteiger partial charge in [-0.2, -0.15) is 13.2 Å². The lowest BCUT2D eigenvalue weighted by molar-refractivity contribution is -0.137. The fraction of sp³-hybridized carbons (Fsp3) is 0.333. The van der Waals surface area contributed by atoms with Crippen LogP contribution < -0.4 is 14.4 Å². The minimum Gasteiger partial charge on any atom is -0.502 e. The van der Waals surface area contributed by atoms with E-state index in [0.29, 0.717) is 24.0 Å². The van der Waals surface area contributed by atoms with E-state index in [9.17, 15) is 27.9 Å². The number of phenolic OH excluding ortho intramolecular Hbond substituents is 1. The van der Waals surface area contributed by atoms with Gasteiger partial charge in [0.05, 0.1) is 25.5 Å². The maximum absolute atomic E-state index is 13.7. The van der Waals surface area contributed by atoms with E-state index in [0.717, 1.165) is 11.0 Å². The molecule has 174 valence electrons. The fourth-order valence-electron chi connectivity index (χ4n) is 4.58. The van der Waals surface area contributed by atoms with E-state index in [4.69, 9.17) is 9.47 Å². The predicted molar refractivity (Wildman–Crippen MR) is 113 cm³/mol. The number of carbonyl (C=O) groups excluding carboxylic acids is 2. The summed E-state index contributed by atoms with van der Waals surface area (Å²) in [6, 6.07) is 7.90. The first-order valence-corrected chi connectivity index (χ1v) is 10.4. The average molecular weight is 461 g/mol. The SMILES string of the molecule is COc1cc(C2CC(=O)N(c3ccccc3C(F)(F)F)C3=C2C(=O)CCC3)cc(OC)c1O. The number of aromatic hydroxyl groups is 1. The molecule has 1 aliphatic carbocycles. The Bertz CT molecular complexity index is 1130. The molecule has 0 fully saturated rings. The molecule has 0 bridgehead atoms. The molecule has 9 heteroatoms. The van der Waals surface area contributed by atoms with Gasteiger partial charge in [0.25, 0.3) is 0 Å². The quantitative estimate of drug-likeness (QED) is 0.697. The van der Waals surface area contributed by atoms with Gasteiger partial charge >= 0.3 is 6.18 Å². The molecule has 1 heterocycles. The van der Waals surface area contributed by atoms with E-state index < -0.39 is 23.6 Å². The van der Waals surface area contributed by atoms with Crippen molar-refractivity contribution in [2.45, 2.75) is 37.8 Å². The Balaban J connectivity index is 1.92. The Kier molecular flexibility index (Phi) is 5.82. The van der Waals surface area contributed by atoms with Gasteiger partial charge in [-0.3, -0.25) is 14.5 Å². The molecule has 0 aromatic heterocycles. The van der Waals surface area contributed by atoms with Crippen LogP contribution in [-0.4, -0.2) is 31.0 Å². The molecule has 2 aromatic carbocycles. The van der Waals surface area contributed by atoms with E-state index in [-0.39, 0.29) is 47.3 Å². The third-order valence-electron chi connectivity index (χ3n) is 6.03. The number of halogens is 3. The number of alkyl halides is 3. The number of hydrogen-bond donors (Lipinski definition) is 1. The second-order valence-electron chi connectivity index (χ2n) is 7.91. The smallest absolute Gasteiger partial charge is 0.418 e. The summed E-state index contributed by atoms with van der Waals surface area (Å²) in [5.41, 5.74) is -0.115. The zero-order chi connectivity index (χ0) is 23.9. The molecular weight excluding hydrogens is 439 g/mol. The van der Waals surface area contributed by atoms with Crippen molar-refractivity contribution < 1.29 is 37.3 Å². The number of ether oxygens (including phenoxy) is 2. The molecule has 0 saturated carbocycles. The van der Waals surface area contributed by atoms with Gasteiger partial charge in [-0.05, 0) is 42.7 Å². The zero-order valence-electron chi connectivity index (χ0n) is 18.0. The van der Waals surface area contributed by atoms with Crippen LogP contribution in [-0.2, 0) is 15.8 Å². The van der Waals surface area contributed by atoms with Crippen molar-refractivity contribution in [2.24, 2.45) is 0 Å². The van der Waals surface area contributed by atoms with E-state index in [2.05, 4.69) is 0 Å². The number of carbonyl (C=O) groups is 2. The van der Waals surface area contributed by atoms with Gasteiger partial charge in [0.2, 0.25) is 11.7 Å². The first-order chi connectivity index (χ1) is 15.7. The Labute approximate surface area is 188 Å². The van der Waals surface area contributed by atoms with Crippen molar-refractivity contribution >= 4 is 17.4 Å². The van der Waals surface area contributed by atoms with Crippen molar-refractivity contribution in [1.29, 1.82) is 0 Å².